The van der Waals surface area contributed by atoms with Crippen molar-refractivity contribution in [1.82, 2.24) is 9.88 Å². The molecule has 1 aromatic rings. The molecule has 0 fully saturated rings. The normalized spacial score (nSPS) is 13.0. The van der Waals surface area contributed by atoms with E-state index in [1.807, 2.05) is 43.8 Å². The number of hydrogen-bond donors (Lipinski definition) is 2. The minimum absolute atomic E-state index is 0.377. The average molecular weight is 224 g/mol. The molecule has 90 valence electrons. The van der Waals surface area contributed by atoms with Crippen molar-refractivity contribution in [2.45, 2.75) is 32.9 Å². The van der Waals surface area contributed by atoms with Gasteiger partial charge in [0.1, 0.15) is 6.04 Å². The second-order valence-electron chi connectivity index (χ2n) is 4.51. The first-order valence-corrected chi connectivity index (χ1v) is 5.57. The summed E-state index contributed by atoms with van der Waals surface area (Å²) in [4.78, 5) is 11.0. The quantitative estimate of drug-likeness (QED) is 0.772. The highest BCUT2D eigenvalue weighted by Crippen LogP contribution is 2.06. The average Bonchev–Trinajstić information content (AvgIpc) is 2.57. The Morgan fingerprint density at radius 3 is 2.69 bits per heavy atom. The monoisotopic (exact) mass is 224 g/mol. The molecule has 0 bridgehead atoms. The van der Waals surface area contributed by atoms with Crippen LogP contribution in [0.2, 0.25) is 0 Å². The summed E-state index contributed by atoms with van der Waals surface area (Å²) in [5.74, 6) is -0.398. The van der Waals surface area contributed by atoms with Crippen LogP contribution in [0.4, 0.5) is 0 Å². The van der Waals surface area contributed by atoms with Crippen LogP contribution in [0.3, 0.4) is 0 Å². The number of aliphatic carboxylic acids is 1. The fourth-order valence-electron chi connectivity index (χ4n) is 1.65. The second kappa shape index (κ2) is 5.70. The molecule has 16 heavy (non-hydrogen) atoms. The highest BCUT2D eigenvalue weighted by atomic mass is 16.4. The van der Waals surface area contributed by atoms with E-state index < -0.39 is 12.0 Å². The van der Waals surface area contributed by atoms with Crippen LogP contribution in [-0.2, 0) is 18.4 Å². The maximum Gasteiger partial charge on any atom is 0.320 e. The summed E-state index contributed by atoms with van der Waals surface area (Å²) in [5.41, 5.74) is 1.09. The van der Waals surface area contributed by atoms with E-state index in [0.717, 1.165) is 5.69 Å². The molecule has 1 rings (SSSR count). The number of aryl methyl sites for hydroxylation is 1. The fraction of sp³-hybridized carbons (Fsp3) is 0.583. The molecule has 0 aliphatic carbocycles. The number of hydrogen-bond acceptors (Lipinski definition) is 2. The van der Waals surface area contributed by atoms with Gasteiger partial charge in [-0.2, -0.15) is 0 Å². The van der Waals surface area contributed by atoms with Crippen molar-refractivity contribution in [3.63, 3.8) is 0 Å². The Balaban J connectivity index is 2.50. The number of carbonyl (C=O) groups is 1. The van der Waals surface area contributed by atoms with Crippen molar-refractivity contribution in [3.8, 4) is 0 Å². The van der Waals surface area contributed by atoms with E-state index in [4.69, 9.17) is 5.11 Å². The maximum absolute atomic E-state index is 11.0. The van der Waals surface area contributed by atoms with Gasteiger partial charge in [-0.1, -0.05) is 13.8 Å². The van der Waals surface area contributed by atoms with Crippen molar-refractivity contribution < 1.29 is 9.90 Å². The zero-order valence-electron chi connectivity index (χ0n) is 10.1. The highest BCUT2D eigenvalue weighted by molar-refractivity contribution is 5.73. The molecule has 0 aliphatic heterocycles. The van der Waals surface area contributed by atoms with Gasteiger partial charge in [-0.05, 0) is 24.5 Å². The van der Waals surface area contributed by atoms with Crippen LogP contribution >= 0.6 is 0 Å². The number of aromatic nitrogens is 1. The van der Waals surface area contributed by atoms with Crippen LogP contribution in [0, 0.1) is 5.92 Å². The molecule has 0 amide bonds. The van der Waals surface area contributed by atoms with E-state index >= 15 is 0 Å². The van der Waals surface area contributed by atoms with Gasteiger partial charge in [0.25, 0.3) is 0 Å². The van der Waals surface area contributed by atoms with Crippen LogP contribution in [0.5, 0.6) is 0 Å². The summed E-state index contributed by atoms with van der Waals surface area (Å²) in [6.45, 7) is 4.65. The van der Waals surface area contributed by atoms with Gasteiger partial charge >= 0.3 is 5.97 Å². The Bertz CT molecular complexity index is 345. The molecular weight excluding hydrogens is 204 g/mol. The van der Waals surface area contributed by atoms with Crippen LogP contribution in [0.15, 0.2) is 18.3 Å². The fourth-order valence-corrected chi connectivity index (χ4v) is 1.65. The molecular formula is C12H20N2O2. The van der Waals surface area contributed by atoms with E-state index in [1.54, 1.807) is 0 Å². The standard InChI is InChI=1S/C12H20N2O2/c1-9(2)7-11(12(15)16)13-8-10-5-4-6-14(10)3/h4-6,9,11,13H,7-8H2,1-3H3,(H,15,16). The topological polar surface area (TPSA) is 54.3 Å². The Morgan fingerprint density at radius 1 is 1.56 bits per heavy atom. The molecule has 1 unspecified atom stereocenters. The molecule has 1 atom stereocenters. The lowest BCUT2D eigenvalue weighted by Crippen LogP contribution is -2.37. The summed E-state index contributed by atoms with van der Waals surface area (Å²) in [6.07, 6.45) is 2.61. The molecule has 0 saturated heterocycles. The number of carboxylic acid groups (broad SMARTS) is 1. The highest BCUT2D eigenvalue weighted by Gasteiger charge is 2.18. The van der Waals surface area contributed by atoms with Crippen LogP contribution in [-0.4, -0.2) is 21.7 Å². The molecule has 4 heteroatoms. The summed E-state index contributed by atoms with van der Waals surface area (Å²) in [6, 6.07) is 3.48. The van der Waals surface area contributed by atoms with Crippen molar-refractivity contribution in [1.29, 1.82) is 0 Å². The first-order valence-electron chi connectivity index (χ1n) is 5.57. The van der Waals surface area contributed by atoms with Crippen LogP contribution in [0.25, 0.3) is 0 Å². The molecule has 0 aliphatic rings. The Kier molecular flexibility index (Phi) is 4.55. The van der Waals surface area contributed by atoms with Crippen molar-refractivity contribution in [2.24, 2.45) is 13.0 Å². The predicted molar refractivity (Wildman–Crippen MR) is 63.1 cm³/mol. The zero-order valence-corrected chi connectivity index (χ0v) is 10.1. The maximum atomic E-state index is 11.0. The van der Waals surface area contributed by atoms with Crippen molar-refractivity contribution in [2.75, 3.05) is 0 Å². The number of nitrogens with zero attached hydrogens (tertiary/aromatic N) is 1. The molecule has 1 aromatic heterocycles. The minimum Gasteiger partial charge on any atom is -0.480 e. The van der Waals surface area contributed by atoms with E-state index in [2.05, 4.69) is 5.32 Å². The van der Waals surface area contributed by atoms with Crippen LogP contribution < -0.4 is 5.32 Å². The molecule has 0 radical (unpaired) electrons. The third kappa shape index (κ3) is 3.70. The van der Waals surface area contributed by atoms with Gasteiger partial charge in [-0.3, -0.25) is 10.1 Å². The molecule has 0 saturated carbocycles. The number of rotatable bonds is 6. The third-order valence-corrected chi connectivity index (χ3v) is 2.59. The Hall–Kier alpha value is -1.29. The van der Waals surface area contributed by atoms with Crippen molar-refractivity contribution in [3.05, 3.63) is 24.0 Å². The second-order valence-corrected chi connectivity index (χ2v) is 4.51. The smallest absolute Gasteiger partial charge is 0.320 e. The largest absolute Gasteiger partial charge is 0.480 e. The van der Waals surface area contributed by atoms with Gasteiger partial charge in [0, 0.05) is 25.5 Å². The van der Waals surface area contributed by atoms with Gasteiger partial charge in [-0.15, -0.1) is 0 Å². The van der Waals surface area contributed by atoms with E-state index in [-0.39, 0.29) is 0 Å². The summed E-state index contributed by atoms with van der Waals surface area (Å²) >= 11 is 0. The Labute approximate surface area is 96.3 Å². The van der Waals surface area contributed by atoms with Crippen LogP contribution in [0.1, 0.15) is 26.0 Å². The summed E-state index contributed by atoms with van der Waals surface area (Å²) < 4.78 is 1.99. The third-order valence-electron chi connectivity index (χ3n) is 2.59. The summed E-state index contributed by atoms with van der Waals surface area (Å²) in [7, 11) is 1.95. The van der Waals surface area contributed by atoms with Gasteiger partial charge in [0.2, 0.25) is 0 Å². The zero-order chi connectivity index (χ0) is 12.1. The molecule has 4 nitrogen and oxygen atoms in total. The van der Waals surface area contributed by atoms with E-state index in [9.17, 15) is 4.79 Å². The predicted octanol–water partition coefficient (Wildman–Crippen LogP) is 1.61. The van der Waals surface area contributed by atoms with E-state index in [1.165, 1.54) is 0 Å². The number of carboxylic acids is 1. The molecule has 0 aromatic carbocycles. The SMILES string of the molecule is CC(C)CC(NCc1cccn1C)C(=O)O. The molecule has 1 heterocycles. The van der Waals surface area contributed by atoms with Crippen molar-refractivity contribution >= 4 is 5.97 Å². The first kappa shape index (κ1) is 12.8. The lowest BCUT2D eigenvalue weighted by atomic mass is 10.0. The summed E-state index contributed by atoms with van der Waals surface area (Å²) in [5, 5.41) is 12.1. The van der Waals surface area contributed by atoms with Gasteiger partial charge in [-0.25, -0.2) is 0 Å². The molecule has 0 spiro atoms. The minimum atomic E-state index is -0.775. The lowest BCUT2D eigenvalue weighted by molar-refractivity contribution is -0.140. The first-order chi connectivity index (χ1) is 7.50. The molecule has 2 N–H and O–H groups in total. The van der Waals surface area contributed by atoms with Gasteiger partial charge in [0.15, 0.2) is 0 Å². The van der Waals surface area contributed by atoms with Gasteiger partial charge < -0.3 is 9.67 Å². The van der Waals surface area contributed by atoms with Gasteiger partial charge in [0.05, 0.1) is 0 Å². The Morgan fingerprint density at radius 2 is 2.25 bits per heavy atom. The van der Waals surface area contributed by atoms with E-state index in [0.29, 0.717) is 18.9 Å². The lowest BCUT2D eigenvalue weighted by Gasteiger charge is -2.16. The number of nitrogens with one attached hydrogen (secondary N) is 1.